The van der Waals surface area contributed by atoms with Crippen LogP contribution in [0.15, 0.2) is 97.6 Å². The molecule has 10 nitrogen and oxygen atoms in total. The number of anilines is 1. The highest BCUT2D eigenvalue weighted by Crippen LogP contribution is 2.42. The Balaban J connectivity index is 1.16. The van der Waals surface area contributed by atoms with Gasteiger partial charge in [-0.25, -0.2) is 9.78 Å². The number of nitrogens with two attached hydrogens (primary N) is 1. The second-order valence-corrected chi connectivity index (χ2v) is 13.4. The molecule has 50 heavy (non-hydrogen) atoms. The van der Waals surface area contributed by atoms with Gasteiger partial charge < -0.3 is 34.7 Å². The first kappa shape index (κ1) is 33.2. The van der Waals surface area contributed by atoms with Gasteiger partial charge in [0, 0.05) is 51.0 Å². The number of ether oxygens (including phenoxy) is 1. The van der Waals surface area contributed by atoms with E-state index < -0.39 is 5.91 Å². The number of H-pyrrole nitrogens is 1. The maximum atomic E-state index is 13.5. The number of carbonyl (C=O) groups is 2. The summed E-state index contributed by atoms with van der Waals surface area (Å²) in [6, 6.07) is 24.3. The maximum absolute atomic E-state index is 13.5. The molecule has 1 atom stereocenters. The summed E-state index contributed by atoms with van der Waals surface area (Å²) in [6.07, 6.45) is 11.8. The molecule has 2 aliphatic heterocycles. The minimum absolute atomic E-state index is 0.124. The molecule has 3 aromatic carbocycles. The van der Waals surface area contributed by atoms with E-state index in [0.717, 1.165) is 84.4 Å². The van der Waals surface area contributed by atoms with Gasteiger partial charge in [-0.15, -0.1) is 0 Å². The summed E-state index contributed by atoms with van der Waals surface area (Å²) in [6.45, 7) is 4.84. The lowest BCUT2D eigenvalue weighted by atomic mass is 9.89. The Labute approximate surface area is 293 Å². The first-order chi connectivity index (χ1) is 24.5. The van der Waals surface area contributed by atoms with Crippen LogP contribution in [-0.2, 0) is 4.74 Å². The van der Waals surface area contributed by atoms with Gasteiger partial charge in [0.2, 0.25) is 0 Å². The summed E-state index contributed by atoms with van der Waals surface area (Å²) in [5.74, 6) is 0.762. The number of hydrogen-bond acceptors (Lipinski definition) is 6. The number of piperidine rings is 1. The van der Waals surface area contributed by atoms with Crippen LogP contribution < -0.4 is 10.6 Å². The van der Waals surface area contributed by atoms with Gasteiger partial charge in [0.15, 0.2) is 0 Å². The number of rotatable bonds is 10. The molecule has 2 saturated heterocycles. The number of nitrogens with zero attached hydrogens (tertiary/aromatic N) is 5. The molecule has 4 heterocycles. The van der Waals surface area contributed by atoms with Gasteiger partial charge in [0.1, 0.15) is 12.4 Å². The molecule has 3 N–H and O–H groups in total. The number of aromatic nitrogens is 3. The van der Waals surface area contributed by atoms with Crippen LogP contribution in [0.4, 0.5) is 10.6 Å². The topological polar surface area (TPSA) is 113 Å². The van der Waals surface area contributed by atoms with Crippen molar-refractivity contribution in [1.29, 1.82) is 0 Å². The predicted molar refractivity (Wildman–Crippen MR) is 198 cm³/mol. The van der Waals surface area contributed by atoms with E-state index in [2.05, 4.69) is 61.8 Å². The van der Waals surface area contributed by atoms with Crippen molar-refractivity contribution in [2.45, 2.75) is 25.3 Å². The maximum Gasteiger partial charge on any atom is 0.410 e. The molecule has 1 unspecified atom stereocenters. The van der Waals surface area contributed by atoms with Gasteiger partial charge >= 0.3 is 6.09 Å². The van der Waals surface area contributed by atoms with E-state index >= 15 is 0 Å². The third-order valence-corrected chi connectivity index (χ3v) is 10.2. The standard InChI is InChI=1S/C40H45N7O3/c1-44-20-22-45(23-21-44)39-37(38(41)48)34(33-15-7-13-31-12-5-6-14-32(31)33)27-47(39)36(35-26-42-28-43-35)25-30-16-18-46(19-17-30)40(49)50-24-8-11-29-9-3-2-4-10-29/h2-15,26-28,30,36H,16-25H2,1H3,(H2,41,48)(H,42,43). The molecule has 5 aromatic rings. The number of fused-ring (bicyclic) bond motifs is 1. The van der Waals surface area contributed by atoms with Crippen molar-refractivity contribution < 1.29 is 14.3 Å². The van der Waals surface area contributed by atoms with Crippen molar-refractivity contribution in [2.75, 3.05) is 57.8 Å². The second kappa shape index (κ2) is 15.0. The number of primary amides is 1. The number of likely N-dealkylation sites (N-methyl/N-ethyl adjacent to an activating group) is 1. The molecule has 0 saturated carbocycles. The SMILES string of the molecule is CN1CCN(c2c(C(N)=O)c(-c3cccc4ccccc34)cn2C(CC2CCN(C(=O)OCC=Cc3ccccc3)CC2)c2cnc[nH]2)CC1. The Bertz CT molecular complexity index is 1930. The highest BCUT2D eigenvalue weighted by atomic mass is 16.6. The van der Waals surface area contributed by atoms with E-state index in [1.54, 1.807) is 6.33 Å². The number of amides is 2. The predicted octanol–water partition coefficient (Wildman–Crippen LogP) is 6.42. The summed E-state index contributed by atoms with van der Waals surface area (Å²) in [5.41, 5.74) is 10.7. The number of nitrogens with one attached hydrogen (secondary N) is 1. The number of benzene rings is 3. The van der Waals surface area contributed by atoms with Crippen LogP contribution in [0.2, 0.25) is 0 Å². The van der Waals surface area contributed by atoms with Gasteiger partial charge in [0.05, 0.1) is 29.8 Å². The molecule has 0 bridgehead atoms. The Morgan fingerprint density at radius 3 is 2.42 bits per heavy atom. The van der Waals surface area contributed by atoms with Crippen molar-refractivity contribution in [1.82, 2.24) is 24.3 Å². The smallest absolute Gasteiger partial charge is 0.410 e. The normalized spacial score (nSPS) is 16.7. The van der Waals surface area contributed by atoms with E-state index in [1.807, 2.05) is 71.8 Å². The quantitative estimate of drug-likeness (QED) is 0.177. The highest BCUT2D eigenvalue weighted by molar-refractivity contribution is 6.09. The average Bonchev–Trinajstić information content (AvgIpc) is 3.83. The number of likely N-dealkylation sites (tertiary alicyclic amines) is 1. The minimum atomic E-state index is -0.436. The lowest BCUT2D eigenvalue weighted by Gasteiger charge is -2.37. The molecule has 0 spiro atoms. The fourth-order valence-electron chi connectivity index (χ4n) is 7.46. The van der Waals surface area contributed by atoms with Gasteiger partial charge in [-0.3, -0.25) is 4.79 Å². The van der Waals surface area contributed by atoms with Gasteiger partial charge in [0.25, 0.3) is 5.91 Å². The van der Waals surface area contributed by atoms with Crippen molar-refractivity contribution >= 4 is 34.7 Å². The fraction of sp³-hybridized carbons (Fsp3) is 0.325. The largest absolute Gasteiger partial charge is 0.445 e. The first-order valence-electron chi connectivity index (χ1n) is 17.5. The summed E-state index contributed by atoms with van der Waals surface area (Å²) in [7, 11) is 2.13. The van der Waals surface area contributed by atoms with Crippen molar-refractivity contribution in [2.24, 2.45) is 11.7 Å². The van der Waals surface area contributed by atoms with Crippen LogP contribution in [0.5, 0.6) is 0 Å². The Kier molecular flexibility index (Phi) is 9.98. The van der Waals surface area contributed by atoms with Crippen LogP contribution in [0.1, 0.15) is 46.9 Å². The number of hydrogen-bond donors (Lipinski definition) is 2. The zero-order valence-electron chi connectivity index (χ0n) is 28.6. The van der Waals surface area contributed by atoms with Crippen molar-refractivity contribution in [3.05, 3.63) is 114 Å². The van der Waals surface area contributed by atoms with E-state index in [-0.39, 0.29) is 18.7 Å². The second-order valence-electron chi connectivity index (χ2n) is 13.4. The van der Waals surface area contributed by atoms with Crippen LogP contribution in [-0.4, -0.2) is 89.3 Å². The number of aromatic amines is 1. The number of imidazole rings is 1. The third-order valence-electron chi connectivity index (χ3n) is 10.2. The molecule has 7 rings (SSSR count). The Hall–Kier alpha value is -5.35. The molecule has 10 heteroatoms. The monoisotopic (exact) mass is 671 g/mol. The minimum Gasteiger partial charge on any atom is -0.445 e. The Morgan fingerprint density at radius 2 is 1.68 bits per heavy atom. The fourth-order valence-corrected chi connectivity index (χ4v) is 7.46. The third kappa shape index (κ3) is 7.16. The lowest BCUT2D eigenvalue weighted by Crippen LogP contribution is -2.46. The highest BCUT2D eigenvalue weighted by Gasteiger charge is 2.34. The Morgan fingerprint density at radius 1 is 0.940 bits per heavy atom. The van der Waals surface area contributed by atoms with Crippen LogP contribution in [0.3, 0.4) is 0 Å². The summed E-state index contributed by atoms with van der Waals surface area (Å²) < 4.78 is 7.85. The van der Waals surface area contributed by atoms with Crippen molar-refractivity contribution in [3.8, 4) is 11.1 Å². The van der Waals surface area contributed by atoms with E-state index in [9.17, 15) is 9.59 Å². The summed E-state index contributed by atoms with van der Waals surface area (Å²) >= 11 is 0. The van der Waals surface area contributed by atoms with Crippen LogP contribution >= 0.6 is 0 Å². The summed E-state index contributed by atoms with van der Waals surface area (Å²) in [5, 5.41) is 2.18. The van der Waals surface area contributed by atoms with Crippen molar-refractivity contribution in [3.63, 3.8) is 0 Å². The molecule has 2 fully saturated rings. The molecule has 2 aliphatic rings. The van der Waals surface area contributed by atoms with E-state index in [1.165, 1.54) is 0 Å². The van der Waals surface area contributed by atoms with E-state index in [4.69, 9.17) is 10.5 Å². The average molecular weight is 672 g/mol. The molecule has 2 aromatic heterocycles. The molecule has 0 aliphatic carbocycles. The molecular formula is C40H45N7O3. The molecule has 258 valence electrons. The van der Waals surface area contributed by atoms with Crippen LogP contribution in [0.25, 0.3) is 28.0 Å². The van der Waals surface area contributed by atoms with Crippen LogP contribution in [0, 0.1) is 5.92 Å². The number of piperazine rings is 1. The van der Waals surface area contributed by atoms with E-state index in [0.29, 0.717) is 24.6 Å². The molecule has 0 radical (unpaired) electrons. The zero-order chi connectivity index (χ0) is 34.5. The van der Waals surface area contributed by atoms with Gasteiger partial charge in [-0.1, -0.05) is 78.9 Å². The molecular weight excluding hydrogens is 626 g/mol. The van der Waals surface area contributed by atoms with Gasteiger partial charge in [-0.2, -0.15) is 0 Å². The first-order valence-corrected chi connectivity index (χ1v) is 17.5. The number of carbonyl (C=O) groups excluding carboxylic acids is 2. The summed E-state index contributed by atoms with van der Waals surface area (Å²) in [4.78, 5) is 40.7. The molecule has 2 amide bonds. The lowest BCUT2D eigenvalue weighted by molar-refractivity contribution is 0.0940. The zero-order valence-corrected chi connectivity index (χ0v) is 28.6. The van der Waals surface area contributed by atoms with Gasteiger partial charge in [-0.05, 0) is 60.2 Å².